The highest BCUT2D eigenvalue weighted by Gasteiger charge is 2.19. The summed E-state index contributed by atoms with van der Waals surface area (Å²) in [6, 6.07) is 8.10. The third kappa shape index (κ3) is 2.79. The van der Waals surface area contributed by atoms with Gasteiger partial charge in [-0.1, -0.05) is 6.07 Å². The van der Waals surface area contributed by atoms with Crippen molar-refractivity contribution in [3.05, 3.63) is 59.1 Å². The van der Waals surface area contributed by atoms with E-state index in [4.69, 9.17) is 4.42 Å². The number of aryl methyl sites for hydroxylation is 1. The quantitative estimate of drug-likeness (QED) is 0.509. The number of hydrogen-bond donors (Lipinski definition) is 3. The van der Waals surface area contributed by atoms with Crippen LogP contribution in [0.5, 0.6) is 11.5 Å². The van der Waals surface area contributed by atoms with Crippen molar-refractivity contribution in [3.63, 3.8) is 0 Å². The number of carbonyl (C=O) groups is 1. The number of carbonyl (C=O) groups excluding carboxylic acids is 1. The molecule has 3 aromatic rings. The minimum absolute atomic E-state index is 0.00659. The van der Waals surface area contributed by atoms with Crippen molar-refractivity contribution in [1.82, 2.24) is 5.43 Å². The monoisotopic (exact) mass is 328 g/mol. The molecule has 0 aliphatic heterocycles. The van der Waals surface area contributed by atoms with Crippen molar-refractivity contribution < 1.29 is 23.8 Å². The van der Waals surface area contributed by atoms with Gasteiger partial charge in [0.25, 0.3) is 0 Å². The third-order valence-corrected chi connectivity index (χ3v) is 3.50. The van der Waals surface area contributed by atoms with E-state index in [0.29, 0.717) is 16.5 Å². The lowest BCUT2D eigenvalue weighted by Gasteiger charge is -1.99. The molecular formula is C17H13FN2O4. The molecule has 0 atom stereocenters. The van der Waals surface area contributed by atoms with Gasteiger partial charge < -0.3 is 14.6 Å². The van der Waals surface area contributed by atoms with Crippen LogP contribution in [0.2, 0.25) is 0 Å². The van der Waals surface area contributed by atoms with E-state index in [9.17, 15) is 19.4 Å². The van der Waals surface area contributed by atoms with Crippen LogP contribution in [0.1, 0.15) is 21.7 Å². The predicted molar refractivity (Wildman–Crippen MR) is 85.7 cm³/mol. The summed E-state index contributed by atoms with van der Waals surface area (Å²) in [6.45, 7) is 1.64. The Hall–Kier alpha value is -3.35. The van der Waals surface area contributed by atoms with Gasteiger partial charge in [-0.3, -0.25) is 4.79 Å². The van der Waals surface area contributed by atoms with Gasteiger partial charge in [-0.2, -0.15) is 5.10 Å². The predicted octanol–water partition coefficient (Wildman–Crippen LogP) is 3.06. The maximum absolute atomic E-state index is 13.1. The molecule has 0 saturated heterocycles. The van der Waals surface area contributed by atoms with Crippen LogP contribution in [-0.4, -0.2) is 22.3 Å². The molecular weight excluding hydrogens is 315 g/mol. The van der Waals surface area contributed by atoms with Crippen LogP contribution in [0.15, 0.2) is 45.9 Å². The summed E-state index contributed by atoms with van der Waals surface area (Å²) in [7, 11) is 0. The van der Waals surface area contributed by atoms with E-state index >= 15 is 0 Å². The molecule has 0 radical (unpaired) electrons. The number of fused-ring (bicyclic) bond motifs is 1. The Morgan fingerprint density at radius 1 is 1.25 bits per heavy atom. The smallest absolute Gasteiger partial charge is 0.307 e. The van der Waals surface area contributed by atoms with Crippen molar-refractivity contribution >= 4 is 23.1 Å². The van der Waals surface area contributed by atoms with E-state index in [0.717, 1.165) is 18.3 Å². The number of nitrogens with one attached hydrogen (secondary N) is 1. The average molecular weight is 328 g/mol. The van der Waals surface area contributed by atoms with Gasteiger partial charge in [-0.25, -0.2) is 9.82 Å². The molecule has 0 unspecified atom stereocenters. The maximum Gasteiger partial charge on any atom is 0.307 e. The number of phenols is 2. The normalized spacial score (nSPS) is 11.2. The van der Waals surface area contributed by atoms with Gasteiger partial charge in [-0.15, -0.1) is 0 Å². The van der Waals surface area contributed by atoms with Gasteiger partial charge in [0.2, 0.25) is 0 Å². The van der Waals surface area contributed by atoms with Crippen molar-refractivity contribution in [2.75, 3.05) is 0 Å². The van der Waals surface area contributed by atoms with Crippen LogP contribution in [0.25, 0.3) is 11.0 Å². The van der Waals surface area contributed by atoms with Crippen LogP contribution in [0.3, 0.4) is 0 Å². The van der Waals surface area contributed by atoms with Crippen molar-refractivity contribution in [1.29, 1.82) is 0 Å². The fourth-order valence-electron chi connectivity index (χ4n) is 2.34. The van der Waals surface area contributed by atoms with Crippen LogP contribution >= 0.6 is 0 Å². The Bertz CT molecular complexity index is 963. The fourth-order valence-corrected chi connectivity index (χ4v) is 2.34. The minimum Gasteiger partial charge on any atom is -0.507 e. The molecule has 7 heteroatoms. The fraction of sp³-hybridized carbons (Fsp3) is 0.0588. The second-order valence-corrected chi connectivity index (χ2v) is 5.11. The van der Waals surface area contributed by atoms with Crippen molar-refractivity contribution in [2.45, 2.75) is 6.92 Å². The Morgan fingerprint density at radius 3 is 2.79 bits per heavy atom. The number of hydrogen-bond acceptors (Lipinski definition) is 5. The number of phenolic OH excluding ortho intramolecular Hbond substituents is 2. The molecule has 1 heterocycles. The Morgan fingerprint density at radius 2 is 2.04 bits per heavy atom. The van der Waals surface area contributed by atoms with E-state index in [1.54, 1.807) is 19.1 Å². The lowest BCUT2D eigenvalue weighted by Crippen LogP contribution is -2.17. The number of furan rings is 1. The molecule has 0 fully saturated rings. The zero-order chi connectivity index (χ0) is 17.3. The first kappa shape index (κ1) is 15.5. The van der Waals surface area contributed by atoms with Gasteiger partial charge in [0.15, 0.2) is 5.76 Å². The van der Waals surface area contributed by atoms with Gasteiger partial charge in [-0.05, 0) is 37.3 Å². The molecule has 3 N–H and O–H groups in total. The van der Waals surface area contributed by atoms with E-state index < -0.39 is 11.7 Å². The zero-order valence-corrected chi connectivity index (χ0v) is 12.6. The molecule has 0 aliphatic carbocycles. The van der Waals surface area contributed by atoms with Gasteiger partial charge in [0.05, 0.1) is 11.6 Å². The molecule has 24 heavy (non-hydrogen) atoms. The molecule has 0 spiro atoms. The number of halogens is 1. The molecule has 1 aromatic heterocycles. The Labute approximate surface area is 135 Å². The lowest BCUT2D eigenvalue weighted by molar-refractivity contribution is 0.0929. The third-order valence-electron chi connectivity index (χ3n) is 3.50. The van der Waals surface area contributed by atoms with Gasteiger partial charge in [0.1, 0.15) is 22.9 Å². The summed E-state index contributed by atoms with van der Waals surface area (Å²) >= 11 is 0. The molecule has 0 saturated carbocycles. The number of hydrazone groups is 1. The first-order chi connectivity index (χ1) is 11.5. The highest BCUT2D eigenvalue weighted by atomic mass is 19.1. The summed E-state index contributed by atoms with van der Waals surface area (Å²) in [5.74, 6) is -1.31. The van der Waals surface area contributed by atoms with E-state index in [-0.39, 0.29) is 22.8 Å². The highest BCUT2D eigenvalue weighted by molar-refractivity contribution is 6.01. The summed E-state index contributed by atoms with van der Waals surface area (Å²) in [4.78, 5) is 12.2. The van der Waals surface area contributed by atoms with E-state index in [2.05, 4.69) is 10.5 Å². The van der Waals surface area contributed by atoms with Crippen molar-refractivity contribution in [2.24, 2.45) is 5.10 Å². The Balaban J connectivity index is 1.83. The second-order valence-electron chi connectivity index (χ2n) is 5.11. The molecule has 1 amide bonds. The molecule has 0 bridgehead atoms. The standard InChI is InChI=1S/C17H13FN2O4/c1-9-15-13(22)3-2-4-14(15)24-16(9)17(23)20-19-8-10-7-11(18)5-6-12(10)21/h2-8,21-22H,1H3,(H,20,23)/b19-8-. The molecule has 122 valence electrons. The molecule has 3 rings (SSSR count). The Kier molecular flexibility index (Phi) is 3.91. The summed E-state index contributed by atoms with van der Waals surface area (Å²) < 4.78 is 18.5. The average Bonchev–Trinajstić information content (AvgIpc) is 2.89. The van der Waals surface area contributed by atoms with Gasteiger partial charge >= 0.3 is 5.91 Å². The summed E-state index contributed by atoms with van der Waals surface area (Å²) in [6.07, 6.45) is 1.12. The van der Waals surface area contributed by atoms with Crippen LogP contribution in [-0.2, 0) is 0 Å². The first-order valence-electron chi connectivity index (χ1n) is 7.00. The molecule has 0 aliphatic rings. The number of rotatable bonds is 3. The van der Waals surface area contributed by atoms with E-state index in [1.807, 2.05) is 0 Å². The highest BCUT2D eigenvalue weighted by Crippen LogP contribution is 2.32. The number of amides is 1. The SMILES string of the molecule is Cc1c(C(=O)N/N=C\c2cc(F)ccc2O)oc2cccc(O)c12. The summed E-state index contributed by atoms with van der Waals surface area (Å²) in [5.41, 5.74) is 3.21. The lowest BCUT2D eigenvalue weighted by atomic mass is 10.1. The van der Waals surface area contributed by atoms with Crippen molar-refractivity contribution in [3.8, 4) is 11.5 Å². The second kappa shape index (κ2) is 6.04. The number of nitrogens with zero attached hydrogens (tertiary/aromatic N) is 1. The number of aromatic hydroxyl groups is 2. The first-order valence-corrected chi connectivity index (χ1v) is 7.00. The maximum atomic E-state index is 13.1. The van der Waals surface area contributed by atoms with Gasteiger partial charge in [0, 0.05) is 11.1 Å². The van der Waals surface area contributed by atoms with E-state index in [1.165, 1.54) is 12.1 Å². The summed E-state index contributed by atoms with van der Waals surface area (Å²) in [5, 5.41) is 23.5. The molecule has 6 nitrogen and oxygen atoms in total. The van der Waals surface area contributed by atoms with Crippen LogP contribution in [0, 0.1) is 12.7 Å². The zero-order valence-electron chi connectivity index (χ0n) is 12.6. The topological polar surface area (TPSA) is 95.1 Å². The minimum atomic E-state index is -0.629. The molecule has 2 aromatic carbocycles. The van der Waals surface area contributed by atoms with Crippen LogP contribution < -0.4 is 5.43 Å². The number of benzene rings is 2. The van der Waals surface area contributed by atoms with Crippen LogP contribution in [0.4, 0.5) is 4.39 Å². The largest absolute Gasteiger partial charge is 0.507 e.